The van der Waals surface area contributed by atoms with Crippen molar-refractivity contribution in [2.24, 2.45) is 0 Å². The van der Waals surface area contributed by atoms with Crippen LogP contribution in [0.4, 0.5) is 30.5 Å². The first kappa shape index (κ1) is 26.3. The van der Waals surface area contributed by atoms with E-state index in [1.54, 1.807) is 25.3 Å². The van der Waals surface area contributed by atoms with E-state index < -0.39 is 23.6 Å². The fourth-order valence-corrected chi connectivity index (χ4v) is 3.69. The van der Waals surface area contributed by atoms with Crippen LogP contribution in [0.3, 0.4) is 0 Å². The summed E-state index contributed by atoms with van der Waals surface area (Å²) in [6.45, 7) is 3.40. The Labute approximate surface area is 216 Å². The third kappa shape index (κ3) is 6.30. The van der Waals surface area contributed by atoms with E-state index in [2.05, 4.69) is 30.9 Å². The van der Waals surface area contributed by atoms with Gasteiger partial charge >= 0.3 is 6.18 Å². The lowest BCUT2D eigenvalue weighted by Crippen LogP contribution is -2.18. The zero-order valence-electron chi connectivity index (χ0n) is 20.4. The smallest absolute Gasteiger partial charge is 0.349 e. The predicted octanol–water partition coefficient (Wildman–Crippen LogP) is 5.62. The summed E-state index contributed by atoms with van der Waals surface area (Å²) in [6.07, 6.45) is 0.00390. The normalized spacial score (nSPS) is 11.1. The number of halogens is 3. The highest BCUT2D eigenvalue weighted by Crippen LogP contribution is 2.33. The summed E-state index contributed by atoms with van der Waals surface area (Å²) in [5, 5.41) is 8.32. The quantitative estimate of drug-likeness (QED) is 0.292. The van der Waals surface area contributed by atoms with Gasteiger partial charge in [0.1, 0.15) is 0 Å². The van der Waals surface area contributed by atoms with Gasteiger partial charge in [-0.05, 0) is 61.4 Å². The van der Waals surface area contributed by atoms with Crippen LogP contribution in [0, 0.1) is 13.8 Å². The summed E-state index contributed by atoms with van der Waals surface area (Å²) in [7, 11) is 0. The third-order valence-corrected chi connectivity index (χ3v) is 5.69. The van der Waals surface area contributed by atoms with Crippen molar-refractivity contribution in [3.63, 3.8) is 0 Å². The number of hydrogen-bond donors (Lipinski definition) is 3. The minimum Gasteiger partial charge on any atom is -0.349 e. The first-order valence-electron chi connectivity index (χ1n) is 11.5. The number of carbonyl (C=O) groups is 2. The topological polar surface area (TPSA) is 109 Å². The van der Waals surface area contributed by atoms with Gasteiger partial charge in [-0.2, -0.15) is 13.2 Å². The largest absolute Gasteiger partial charge is 0.416 e. The Balaban J connectivity index is 1.43. The Bertz CT molecular complexity index is 1460. The van der Waals surface area contributed by atoms with Crippen LogP contribution < -0.4 is 16.0 Å². The van der Waals surface area contributed by atoms with E-state index in [0.717, 1.165) is 11.8 Å². The van der Waals surface area contributed by atoms with Crippen LogP contribution in [0.2, 0.25) is 0 Å². The number of alkyl halides is 3. The summed E-state index contributed by atoms with van der Waals surface area (Å²) in [6, 6.07) is 13.6. The second kappa shape index (κ2) is 11.1. The van der Waals surface area contributed by atoms with Gasteiger partial charge in [0.25, 0.3) is 11.8 Å². The molecule has 0 saturated carbocycles. The minimum atomic E-state index is -4.58. The van der Waals surface area contributed by atoms with Gasteiger partial charge < -0.3 is 16.0 Å². The molecule has 2 aromatic carbocycles. The number of aryl methyl sites for hydroxylation is 1. The predicted molar refractivity (Wildman–Crippen MR) is 137 cm³/mol. The molecule has 0 spiro atoms. The van der Waals surface area contributed by atoms with Crippen LogP contribution in [0.15, 0.2) is 73.2 Å². The number of nitrogens with zero attached hydrogens (tertiary/aromatic N) is 3. The van der Waals surface area contributed by atoms with Crippen molar-refractivity contribution in [2.45, 2.75) is 26.6 Å². The lowest BCUT2D eigenvalue weighted by molar-refractivity contribution is -0.138. The van der Waals surface area contributed by atoms with E-state index in [1.165, 1.54) is 37.5 Å². The Morgan fingerprint density at radius 1 is 0.816 bits per heavy atom. The number of nitrogens with one attached hydrogen (secondary N) is 3. The van der Waals surface area contributed by atoms with Crippen LogP contribution in [0.25, 0.3) is 0 Å². The van der Waals surface area contributed by atoms with Crippen LogP contribution in [-0.4, -0.2) is 26.8 Å². The van der Waals surface area contributed by atoms with Gasteiger partial charge in [0.15, 0.2) is 0 Å². The lowest BCUT2D eigenvalue weighted by atomic mass is 10.0. The van der Waals surface area contributed by atoms with Gasteiger partial charge in [-0.15, -0.1) is 0 Å². The van der Waals surface area contributed by atoms with Crippen molar-refractivity contribution >= 4 is 29.1 Å². The van der Waals surface area contributed by atoms with Gasteiger partial charge in [-0.3, -0.25) is 14.6 Å². The second-order valence-electron chi connectivity index (χ2n) is 8.38. The molecule has 3 N–H and O–H groups in total. The molecule has 0 unspecified atom stereocenters. The molecule has 0 bridgehead atoms. The number of carbonyl (C=O) groups excluding carboxylic acids is 2. The monoisotopic (exact) mass is 520 g/mol. The van der Waals surface area contributed by atoms with Gasteiger partial charge in [0.2, 0.25) is 5.95 Å². The molecule has 0 aliphatic carbocycles. The molecule has 0 aliphatic rings. The van der Waals surface area contributed by atoms with Gasteiger partial charge in [-0.25, -0.2) is 9.97 Å². The van der Waals surface area contributed by atoms with Crippen LogP contribution >= 0.6 is 0 Å². The SMILES string of the molecule is Cc1ccc(NC(=O)c2cccc(C(F)(F)F)c2C)cc1C(=O)Nc1cnc(NCc2ccccn2)nc1. The maximum absolute atomic E-state index is 13.2. The Kier molecular flexibility index (Phi) is 7.66. The summed E-state index contributed by atoms with van der Waals surface area (Å²) in [5.41, 5.74) is 1.15. The molecule has 38 heavy (non-hydrogen) atoms. The second-order valence-corrected chi connectivity index (χ2v) is 8.38. The van der Waals surface area contributed by atoms with Crippen molar-refractivity contribution in [1.82, 2.24) is 15.0 Å². The first-order valence-corrected chi connectivity index (χ1v) is 11.5. The molecule has 4 rings (SSSR count). The molecule has 0 atom stereocenters. The van der Waals surface area contributed by atoms with Crippen molar-refractivity contribution in [1.29, 1.82) is 0 Å². The molecule has 4 aromatic rings. The molecular weight excluding hydrogens is 497 g/mol. The third-order valence-electron chi connectivity index (χ3n) is 5.69. The number of amides is 2. The fourth-order valence-electron chi connectivity index (χ4n) is 3.69. The number of aromatic nitrogens is 3. The molecule has 2 amide bonds. The Morgan fingerprint density at radius 3 is 2.21 bits per heavy atom. The zero-order chi connectivity index (χ0) is 27.3. The molecular formula is C27H23F3N6O2. The molecule has 8 nitrogen and oxygen atoms in total. The molecule has 0 aliphatic heterocycles. The number of rotatable bonds is 7. The standard InChI is InChI=1S/C27H23F3N6O2/c1-16-9-10-18(35-24(37)21-7-5-8-23(17(21)2)27(28,29)30)12-22(16)25(38)36-20-14-33-26(34-15-20)32-13-19-6-3-4-11-31-19/h3-12,14-15H,13H2,1-2H3,(H,35,37)(H,36,38)(H,32,33,34). The van der Waals surface area contributed by atoms with Crippen LogP contribution in [0.5, 0.6) is 0 Å². The first-order chi connectivity index (χ1) is 18.1. The molecule has 0 radical (unpaired) electrons. The summed E-state index contributed by atoms with van der Waals surface area (Å²) < 4.78 is 39.7. The number of hydrogen-bond acceptors (Lipinski definition) is 6. The molecule has 0 saturated heterocycles. The van der Waals surface area contributed by atoms with Gasteiger partial charge in [-0.1, -0.05) is 18.2 Å². The Morgan fingerprint density at radius 2 is 1.53 bits per heavy atom. The van der Waals surface area contributed by atoms with E-state index in [9.17, 15) is 22.8 Å². The van der Waals surface area contributed by atoms with Crippen molar-refractivity contribution < 1.29 is 22.8 Å². The highest BCUT2D eigenvalue weighted by Gasteiger charge is 2.33. The molecule has 194 valence electrons. The molecule has 11 heteroatoms. The van der Waals surface area contributed by atoms with Crippen molar-refractivity contribution in [3.8, 4) is 0 Å². The molecule has 2 aromatic heterocycles. The fraction of sp³-hybridized carbons (Fsp3) is 0.148. The minimum absolute atomic E-state index is 0.111. The lowest BCUT2D eigenvalue weighted by Gasteiger charge is -2.15. The van der Waals surface area contributed by atoms with E-state index in [-0.39, 0.29) is 22.4 Å². The average Bonchev–Trinajstić information content (AvgIpc) is 2.89. The summed E-state index contributed by atoms with van der Waals surface area (Å²) in [4.78, 5) is 38.2. The maximum atomic E-state index is 13.2. The van der Waals surface area contributed by atoms with E-state index in [0.29, 0.717) is 23.7 Å². The molecule has 2 heterocycles. The van der Waals surface area contributed by atoms with E-state index >= 15 is 0 Å². The van der Waals surface area contributed by atoms with Gasteiger partial charge in [0.05, 0.1) is 35.9 Å². The highest BCUT2D eigenvalue weighted by molar-refractivity contribution is 6.08. The van der Waals surface area contributed by atoms with Gasteiger partial charge in [0, 0.05) is 23.0 Å². The number of anilines is 3. The zero-order valence-corrected chi connectivity index (χ0v) is 20.4. The average molecular weight is 521 g/mol. The number of benzene rings is 2. The summed E-state index contributed by atoms with van der Waals surface area (Å²) >= 11 is 0. The van der Waals surface area contributed by atoms with Crippen molar-refractivity contribution in [3.05, 3.63) is 107 Å². The maximum Gasteiger partial charge on any atom is 0.416 e. The van der Waals surface area contributed by atoms with Crippen LogP contribution in [0.1, 0.15) is 43.1 Å². The highest BCUT2D eigenvalue weighted by atomic mass is 19.4. The van der Waals surface area contributed by atoms with E-state index in [1.807, 2.05) is 18.2 Å². The van der Waals surface area contributed by atoms with Crippen LogP contribution in [-0.2, 0) is 12.7 Å². The van der Waals surface area contributed by atoms with E-state index in [4.69, 9.17) is 0 Å². The van der Waals surface area contributed by atoms with Crippen molar-refractivity contribution in [2.75, 3.05) is 16.0 Å². The summed E-state index contributed by atoms with van der Waals surface area (Å²) in [5.74, 6) is -0.822. The molecule has 0 fully saturated rings. The Hall–Kier alpha value is -4.80. The number of pyridine rings is 1.